The molecular formula is C16H22ClN. The van der Waals surface area contributed by atoms with Gasteiger partial charge in [-0.25, -0.2) is 0 Å². The molecule has 0 bridgehead atoms. The number of hydrogen-bond donors (Lipinski definition) is 1. The summed E-state index contributed by atoms with van der Waals surface area (Å²) < 4.78 is 0. The summed E-state index contributed by atoms with van der Waals surface area (Å²) in [6.07, 6.45) is 8.46. The van der Waals surface area contributed by atoms with Gasteiger partial charge in [-0.1, -0.05) is 43.0 Å². The van der Waals surface area contributed by atoms with Gasteiger partial charge in [0, 0.05) is 17.5 Å². The van der Waals surface area contributed by atoms with Crippen LogP contribution in [0.1, 0.15) is 50.0 Å². The molecule has 1 aliphatic heterocycles. The first-order valence-corrected chi connectivity index (χ1v) is 7.64. The van der Waals surface area contributed by atoms with Crippen LogP contribution in [0.25, 0.3) is 0 Å². The van der Waals surface area contributed by atoms with E-state index < -0.39 is 0 Å². The minimum absolute atomic E-state index is 0.567. The highest BCUT2D eigenvalue weighted by Crippen LogP contribution is 2.50. The summed E-state index contributed by atoms with van der Waals surface area (Å²) in [4.78, 5) is 0. The van der Waals surface area contributed by atoms with E-state index in [0.29, 0.717) is 11.3 Å². The molecule has 1 heterocycles. The predicted octanol–water partition coefficient (Wildman–Crippen LogP) is 4.37. The Balaban J connectivity index is 1.89. The molecule has 1 aromatic rings. The Morgan fingerprint density at radius 2 is 1.72 bits per heavy atom. The highest BCUT2D eigenvalue weighted by Gasteiger charge is 2.41. The fourth-order valence-corrected chi connectivity index (χ4v) is 4.12. The molecule has 1 atom stereocenters. The van der Waals surface area contributed by atoms with Gasteiger partial charge < -0.3 is 5.32 Å². The maximum atomic E-state index is 6.01. The van der Waals surface area contributed by atoms with Crippen LogP contribution < -0.4 is 5.32 Å². The van der Waals surface area contributed by atoms with Gasteiger partial charge in [0.1, 0.15) is 0 Å². The normalized spacial score (nSPS) is 27.3. The van der Waals surface area contributed by atoms with E-state index in [9.17, 15) is 0 Å². The van der Waals surface area contributed by atoms with Gasteiger partial charge in [0.2, 0.25) is 0 Å². The number of rotatable bonds is 1. The van der Waals surface area contributed by atoms with Crippen LogP contribution in [0, 0.1) is 5.41 Å². The Labute approximate surface area is 115 Å². The smallest absolute Gasteiger partial charge is 0.0406 e. The lowest BCUT2D eigenvalue weighted by molar-refractivity contribution is 0.103. The van der Waals surface area contributed by atoms with E-state index in [4.69, 9.17) is 11.6 Å². The molecule has 3 rings (SSSR count). The van der Waals surface area contributed by atoms with Crippen LogP contribution in [0.15, 0.2) is 24.3 Å². The molecule has 2 heteroatoms. The van der Waals surface area contributed by atoms with E-state index in [1.54, 1.807) is 0 Å². The average Bonchev–Trinajstić information content (AvgIpc) is 2.42. The largest absolute Gasteiger partial charge is 0.316 e. The van der Waals surface area contributed by atoms with Gasteiger partial charge in [-0.05, 0) is 48.9 Å². The van der Waals surface area contributed by atoms with Crippen molar-refractivity contribution in [2.45, 2.75) is 44.4 Å². The molecule has 98 valence electrons. The van der Waals surface area contributed by atoms with Crippen molar-refractivity contribution in [3.63, 3.8) is 0 Å². The number of piperidine rings is 1. The Morgan fingerprint density at radius 1 is 1.00 bits per heavy atom. The summed E-state index contributed by atoms with van der Waals surface area (Å²) in [5.41, 5.74) is 2.05. The monoisotopic (exact) mass is 263 g/mol. The van der Waals surface area contributed by atoms with Crippen molar-refractivity contribution in [1.29, 1.82) is 0 Å². The van der Waals surface area contributed by atoms with E-state index in [2.05, 4.69) is 17.4 Å². The van der Waals surface area contributed by atoms with Gasteiger partial charge in [-0.3, -0.25) is 0 Å². The average molecular weight is 264 g/mol. The lowest BCUT2D eigenvalue weighted by atomic mass is 9.61. The summed E-state index contributed by atoms with van der Waals surface area (Å²) in [6.45, 7) is 2.34. The number of nitrogens with one attached hydrogen (secondary N) is 1. The molecule has 1 aliphatic carbocycles. The molecule has 1 saturated heterocycles. The zero-order valence-corrected chi connectivity index (χ0v) is 11.7. The molecule has 18 heavy (non-hydrogen) atoms. The van der Waals surface area contributed by atoms with E-state index in [0.717, 1.165) is 11.6 Å². The summed E-state index contributed by atoms with van der Waals surface area (Å²) in [6, 6.07) is 8.55. The summed E-state index contributed by atoms with van der Waals surface area (Å²) in [5, 5.41) is 4.43. The molecule has 0 radical (unpaired) electrons. The summed E-state index contributed by atoms with van der Waals surface area (Å²) in [7, 11) is 0. The zero-order valence-electron chi connectivity index (χ0n) is 10.9. The van der Waals surface area contributed by atoms with Gasteiger partial charge in [0.05, 0.1) is 0 Å². The van der Waals surface area contributed by atoms with Gasteiger partial charge in [-0.2, -0.15) is 0 Å². The Kier molecular flexibility index (Phi) is 3.63. The van der Waals surface area contributed by atoms with Gasteiger partial charge in [0.15, 0.2) is 0 Å². The maximum absolute atomic E-state index is 6.01. The minimum atomic E-state index is 0.567. The molecule has 1 N–H and O–H groups in total. The van der Waals surface area contributed by atoms with Crippen molar-refractivity contribution in [1.82, 2.24) is 5.32 Å². The van der Waals surface area contributed by atoms with Crippen molar-refractivity contribution < 1.29 is 0 Å². The Morgan fingerprint density at radius 3 is 2.44 bits per heavy atom. The summed E-state index contributed by atoms with van der Waals surface area (Å²) in [5.74, 6) is 0.684. The third-order valence-corrected chi connectivity index (χ3v) is 5.26. The van der Waals surface area contributed by atoms with Crippen LogP contribution in [0.3, 0.4) is 0 Å². The molecular weight excluding hydrogens is 242 g/mol. The second-order valence-electron chi connectivity index (χ2n) is 5.98. The van der Waals surface area contributed by atoms with Crippen molar-refractivity contribution in [3.8, 4) is 0 Å². The van der Waals surface area contributed by atoms with Crippen molar-refractivity contribution in [2.24, 2.45) is 5.41 Å². The summed E-state index contributed by atoms with van der Waals surface area (Å²) >= 11 is 6.01. The maximum Gasteiger partial charge on any atom is 0.0406 e. The van der Waals surface area contributed by atoms with E-state index >= 15 is 0 Å². The fraction of sp³-hybridized carbons (Fsp3) is 0.625. The first-order valence-electron chi connectivity index (χ1n) is 7.26. The third-order valence-electron chi connectivity index (χ3n) is 5.01. The third kappa shape index (κ3) is 2.31. The molecule has 1 spiro atoms. The van der Waals surface area contributed by atoms with Gasteiger partial charge in [0.25, 0.3) is 0 Å². The second-order valence-corrected chi connectivity index (χ2v) is 6.42. The van der Waals surface area contributed by atoms with Crippen molar-refractivity contribution >= 4 is 11.6 Å². The number of hydrogen-bond acceptors (Lipinski definition) is 1. The lowest BCUT2D eigenvalue weighted by Gasteiger charge is -2.47. The highest BCUT2D eigenvalue weighted by atomic mass is 35.5. The molecule has 1 saturated carbocycles. The first kappa shape index (κ1) is 12.5. The Bertz CT molecular complexity index is 384. The van der Waals surface area contributed by atoms with Crippen LogP contribution in [0.4, 0.5) is 0 Å². The Hall–Kier alpha value is -0.530. The van der Waals surface area contributed by atoms with Gasteiger partial charge >= 0.3 is 0 Å². The van der Waals surface area contributed by atoms with Crippen molar-refractivity contribution in [3.05, 3.63) is 34.9 Å². The molecule has 2 fully saturated rings. The minimum Gasteiger partial charge on any atom is -0.316 e. The van der Waals surface area contributed by atoms with E-state index in [1.807, 2.05) is 12.1 Å². The molecule has 0 aromatic heterocycles. The van der Waals surface area contributed by atoms with Crippen molar-refractivity contribution in [2.75, 3.05) is 13.1 Å². The fourth-order valence-electron chi connectivity index (χ4n) is 4.00. The van der Waals surface area contributed by atoms with Crippen LogP contribution in [-0.2, 0) is 0 Å². The standard InChI is InChI=1S/C16H22ClN/c17-14-6-4-13(5-7-14)15-12-18-11-10-16(15)8-2-1-3-9-16/h4-7,15,18H,1-3,8-12H2. The van der Waals surface area contributed by atoms with Crippen LogP contribution in [0.2, 0.25) is 5.02 Å². The molecule has 2 aliphatic rings. The molecule has 1 nitrogen and oxygen atoms in total. The number of halogens is 1. The second kappa shape index (κ2) is 5.22. The lowest BCUT2D eigenvalue weighted by Crippen LogP contribution is -2.44. The van der Waals surface area contributed by atoms with Crippen LogP contribution in [-0.4, -0.2) is 13.1 Å². The van der Waals surface area contributed by atoms with Crippen LogP contribution >= 0.6 is 11.6 Å². The first-order chi connectivity index (χ1) is 8.80. The zero-order chi connectivity index (χ0) is 12.4. The number of benzene rings is 1. The topological polar surface area (TPSA) is 12.0 Å². The quantitative estimate of drug-likeness (QED) is 0.794. The van der Waals surface area contributed by atoms with E-state index in [1.165, 1.54) is 50.6 Å². The van der Waals surface area contributed by atoms with E-state index in [-0.39, 0.29) is 0 Å². The van der Waals surface area contributed by atoms with Gasteiger partial charge in [-0.15, -0.1) is 0 Å². The molecule has 1 unspecified atom stereocenters. The molecule has 0 amide bonds. The highest BCUT2D eigenvalue weighted by molar-refractivity contribution is 6.30. The predicted molar refractivity (Wildman–Crippen MR) is 77.2 cm³/mol. The SMILES string of the molecule is Clc1ccc(C2CNCCC23CCCCC3)cc1. The van der Waals surface area contributed by atoms with Crippen LogP contribution in [0.5, 0.6) is 0 Å². The molecule has 1 aromatic carbocycles.